The first kappa shape index (κ1) is 13.4. The maximum absolute atomic E-state index is 10.4. The van der Waals surface area contributed by atoms with Crippen molar-refractivity contribution < 1.29 is 9.90 Å². The zero-order valence-corrected chi connectivity index (χ0v) is 9.71. The summed E-state index contributed by atoms with van der Waals surface area (Å²) in [6.45, 7) is 8.38. The largest absolute Gasteiger partial charge is 0.481 e. The average Bonchev–Trinajstić information content (AvgIpc) is 1.77. The smallest absolute Gasteiger partial charge is 0.303 e. The van der Waals surface area contributed by atoms with E-state index in [-0.39, 0.29) is 23.8 Å². The highest BCUT2D eigenvalue weighted by atomic mass is 16.4. The lowest BCUT2D eigenvalue weighted by molar-refractivity contribution is -0.138. The summed E-state index contributed by atoms with van der Waals surface area (Å²) in [6.07, 6.45) is 1.96. The fourth-order valence-corrected chi connectivity index (χ4v) is 1.77. The Morgan fingerprint density at radius 2 is 1.93 bits per heavy atom. The van der Waals surface area contributed by atoms with Gasteiger partial charge in [0.05, 0.1) is 0 Å². The Hall–Kier alpha value is -0.570. The van der Waals surface area contributed by atoms with Crippen molar-refractivity contribution >= 4 is 5.97 Å². The normalized spacial score (nSPS) is 16.4. The van der Waals surface area contributed by atoms with E-state index in [1.165, 1.54) is 0 Å². The van der Waals surface area contributed by atoms with E-state index in [4.69, 9.17) is 10.8 Å². The zero-order valence-electron chi connectivity index (χ0n) is 9.71. The van der Waals surface area contributed by atoms with Crippen molar-refractivity contribution in [1.29, 1.82) is 0 Å². The maximum atomic E-state index is 10.4. The second kappa shape index (κ2) is 5.35. The summed E-state index contributed by atoms with van der Waals surface area (Å²) < 4.78 is 0. The molecule has 0 spiro atoms. The first-order valence-electron chi connectivity index (χ1n) is 5.18. The highest BCUT2D eigenvalue weighted by molar-refractivity contribution is 5.66. The predicted octanol–water partition coefficient (Wildman–Crippen LogP) is 2.25. The molecule has 84 valence electrons. The Balaban J connectivity index is 3.82. The third-order valence-electron chi connectivity index (χ3n) is 2.10. The van der Waals surface area contributed by atoms with Gasteiger partial charge in [0.15, 0.2) is 0 Å². The molecule has 0 fully saturated rings. The first-order valence-corrected chi connectivity index (χ1v) is 5.18. The predicted molar refractivity (Wildman–Crippen MR) is 58.1 cm³/mol. The van der Waals surface area contributed by atoms with Crippen LogP contribution in [0.2, 0.25) is 0 Å². The number of carbonyl (C=O) groups is 1. The van der Waals surface area contributed by atoms with E-state index in [9.17, 15) is 4.79 Å². The quantitative estimate of drug-likeness (QED) is 0.717. The van der Waals surface area contributed by atoms with Gasteiger partial charge in [0.1, 0.15) is 0 Å². The van der Waals surface area contributed by atoms with Crippen LogP contribution in [0, 0.1) is 11.3 Å². The molecule has 0 aromatic carbocycles. The van der Waals surface area contributed by atoms with Crippen molar-refractivity contribution in [3.63, 3.8) is 0 Å². The lowest BCUT2D eigenvalue weighted by atomic mass is 9.85. The molecule has 0 bridgehead atoms. The molecular weight excluding hydrogens is 178 g/mol. The van der Waals surface area contributed by atoms with Gasteiger partial charge in [-0.3, -0.25) is 4.79 Å². The number of carboxylic acid groups (broad SMARTS) is 1. The molecule has 0 rings (SSSR count). The van der Waals surface area contributed by atoms with E-state index in [1.54, 1.807) is 0 Å². The van der Waals surface area contributed by atoms with Crippen LogP contribution in [0.25, 0.3) is 0 Å². The zero-order chi connectivity index (χ0) is 11.4. The van der Waals surface area contributed by atoms with Crippen LogP contribution in [0.3, 0.4) is 0 Å². The van der Waals surface area contributed by atoms with Gasteiger partial charge in [-0.25, -0.2) is 0 Å². The summed E-state index contributed by atoms with van der Waals surface area (Å²) in [6, 6.07) is 0.115. The number of rotatable bonds is 5. The molecule has 0 aliphatic rings. The van der Waals surface area contributed by atoms with Gasteiger partial charge in [-0.2, -0.15) is 0 Å². The highest BCUT2D eigenvalue weighted by Crippen LogP contribution is 2.23. The number of hydrogen-bond donors (Lipinski definition) is 2. The molecule has 0 aromatic rings. The minimum Gasteiger partial charge on any atom is -0.481 e. The third kappa shape index (κ3) is 8.05. The standard InChI is InChI=1S/C11H23NO2/c1-8(6-10(13)14)5-9(12)7-11(2,3)4/h8-9H,5-7,12H2,1-4H3,(H,13,14)/t8-,9+/m0/s1. The van der Waals surface area contributed by atoms with Gasteiger partial charge < -0.3 is 10.8 Å². The van der Waals surface area contributed by atoms with Crippen LogP contribution in [-0.2, 0) is 4.79 Å². The summed E-state index contributed by atoms with van der Waals surface area (Å²) in [7, 11) is 0. The van der Waals surface area contributed by atoms with E-state index in [2.05, 4.69) is 20.8 Å². The molecule has 3 heteroatoms. The van der Waals surface area contributed by atoms with Crippen LogP contribution < -0.4 is 5.73 Å². The van der Waals surface area contributed by atoms with Crippen LogP contribution >= 0.6 is 0 Å². The summed E-state index contributed by atoms with van der Waals surface area (Å²) in [5.41, 5.74) is 6.17. The van der Waals surface area contributed by atoms with Crippen molar-refractivity contribution in [2.75, 3.05) is 0 Å². The van der Waals surface area contributed by atoms with E-state index < -0.39 is 5.97 Å². The Morgan fingerprint density at radius 1 is 1.43 bits per heavy atom. The topological polar surface area (TPSA) is 63.3 Å². The van der Waals surface area contributed by atoms with Gasteiger partial charge >= 0.3 is 5.97 Å². The van der Waals surface area contributed by atoms with Gasteiger partial charge in [0.2, 0.25) is 0 Å². The van der Waals surface area contributed by atoms with Gasteiger partial charge in [-0.15, -0.1) is 0 Å². The molecule has 0 saturated heterocycles. The lowest BCUT2D eigenvalue weighted by Crippen LogP contribution is -2.28. The molecule has 0 saturated carbocycles. The molecule has 14 heavy (non-hydrogen) atoms. The van der Waals surface area contributed by atoms with E-state index in [1.807, 2.05) is 6.92 Å². The van der Waals surface area contributed by atoms with Crippen molar-refractivity contribution in [3.8, 4) is 0 Å². The molecule has 0 aliphatic carbocycles. The first-order chi connectivity index (χ1) is 6.20. The fourth-order valence-electron chi connectivity index (χ4n) is 1.77. The Labute approximate surface area is 86.7 Å². The summed E-state index contributed by atoms with van der Waals surface area (Å²) in [5, 5.41) is 8.59. The average molecular weight is 201 g/mol. The Bertz CT molecular complexity index is 184. The van der Waals surface area contributed by atoms with Crippen molar-refractivity contribution in [2.45, 2.75) is 53.0 Å². The van der Waals surface area contributed by atoms with Crippen molar-refractivity contribution in [1.82, 2.24) is 0 Å². The van der Waals surface area contributed by atoms with Gasteiger partial charge in [0.25, 0.3) is 0 Å². The van der Waals surface area contributed by atoms with Gasteiger partial charge in [0, 0.05) is 12.5 Å². The van der Waals surface area contributed by atoms with Crippen molar-refractivity contribution in [3.05, 3.63) is 0 Å². The molecule has 0 heterocycles. The SMILES string of the molecule is C[C@H](CC(=O)O)C[C@@H](N)CC(C)(C)C. The lowest BCUT2D eigenvalue weighted by Gasteiger charge is -2.24. The molecular formula is C11H23NO2. The fraction of sp³-hybridized carbons (Fsp3) is 0.909. The molecule has 0 aliphatic heterocycles. The van der Waals surface area contributed by atoms with E-state index >= 15 is 0 Å². The molecule has 0 unspecified atom stereocenters. The molecule has 3 nitrogen and oxygen atoms in total. The van der Waals surface area contributed by atoms with Crippen molar-refractivity contribution in [2.24, 2.45) is 17.1 Å². The second-order valence-electron chi connectivity index (χ2n) is 5.46. The second-order valence-corrected chi connectivity index (χ2v) is 5.46. The Kier molecular flexibility index (Phi) is 5.13. The van der Waals surface area contributed by atoms with Crippen LogP contribution in [-0.4, -0.2) is 17.1 Å². The molecule has 0 aromatic heterocycles. The number of carboxylic acids is 1. The number of aliphatic carboxylic acids is 1. The Morgan fingerprint density at radius 3 is 2.29 bits per heavy atom. The monoisotopic (exact) mass is 201 g/mol. The van der Waals surface area contributed by atoms with Gasteiger partial charge in [-0.1, -0.05) is 27.7 Å². The molecule has 3 N–H and O–H groups in total. The maximum Gasteiger partial charge on any atom is 0.303 e. The highest BCUT2D eigenvalue weighted by Gasteiger charge is 2.18. The minimum absolute atomic E-state index is 0.115. The van der Waals surface area contributed by atoms with Crippen LogP contribution in [0.5, 0.6) is 0 Å². The van der Waals surface area contributed by atoms with Crippen LogP contribution in [0.15, 0.2) is 0 Å². The van der Waals surface area contributed by atoms with E-state index in [0.717, 1.165) is 12.8 Å². The number of nitrogens with two attached hydrogens (primary N) is 1. The summed E-state index contributed by atoms with van der Waals surface area (Å²) >= 11 is 0. The molecule has 0 amide bonds. The third-order valence-corrected chi connectivity index (χ3v) is 2.10. The number of hydrogen-bond acceptors (Lipinski definition) is 2. The minimum atomic E-state index is -0.736. The molecule has 2 atom stereocenters. The molecule has 0 radical (unpaired) electrons. The summed E-state index contributed by atoms with van der Waals surface area (Å²) in [5.74, 6) is -0.565. The van der Waals surface area contributed by atoms with Crippen LogP contribution in [0.1, 0.15) is 47.0 Å². The van der Waals surface area contributed by atoms with Crippen LogP contribution in [0.4, 0.5) is 0 Å². The summed E-state index contributed by atoms with van der Waals surface area (Å²) in [4.78, 5) is 10.4. The van der Waals surface area contributed by atoms with E-state index in [0.29, 0.717) is 0 Å². The van der Waals surface area contributed by atoms with Gasteiger partial charge in [-0.05, 0) is 24.2 Å².